The van der Waals surface area contributed by atoms with Gasteiger partial charge in [0.2, 0.25) is 0 Å². The molecule has 6 heteroatoms. The Labute approximate surface area is 479 Å². The molecule has 5 nitrogen and oxygen atoms in total. The predicted octanol–water partition coefficient (Wildman–Crippen LogP) is 18.2. The van der Waals surface area contributed by atoms with E-state index in [2.05, 4.69) is 317 Å². The zero-order valence-corrected chi connectivity index (χ0v) is 45.4. The highest BCUT2D eigenvalue weighted by atomic mass is 16.5. The molecule has 0 aliphatic carbocycles. The summed E-state index contributed by atoms with van der Waals surface area (Å²) in [7, 11) is 0. The van der Waals surface area contributed by atoms with Crippen molar-refractivity contribution in [1.82, 2.24) is 4.57 Å². The van der Waals surface area contributed by atoms with E-state index in [1.165, 1.54) is 55.2 Å². The highest BCUT2D eigenvalue weighted by Crippen LogP contribution is 2.45. The van der Waals surface area contributed by atoms with Crippen LogP contribution in [0.1, 0.15) is 18.4 Å². The topological polar surface area (TPSA) is 23.9 Å². The van der Waals surface area contributed by atoms with Crippen LogP contribution in [0.2, 0.25) is 0 Å². The fourth-order valence-electron chi connectivity index (χ4n) is 13.0. The molecule has 2 aliphatic rings. The molecule has 0 saturated carbocycles. The Balaban J connectivity index is 0.923. The van der Waals surface area contributed by atoms with Crippen LogP contribution < -0.4 is 35.8 Å². The second kappa shape index (κ2) is 21.1. The van der Waals surface area contributed by atoms with Crippen molar-refractivity contribution in [1.29, 1.82) is 0 Å². The summed E-state index contributed by atoms with van der Waals surface area (Å²) in [5.41, 5.74) is 22.3. The Kier molecular flexibility index (Phi) is 12.5. The third-order valence-corrected chi connectivity index (χ3v) is 16.6. The Morgan fingerprint density at radius 1 is 0.354 bits per heavy atom. The van der Waals surface area contributed by atoms with E-state index >= 15 is 0 Å². The standard InChI is InChI=1S/C76H57BN4O/c1-7-26-54(27-8-1)63-41-25-42-64(55-28-9-2-10-29-55)65(63)38-23-24-49-78-72-50-60(79(56-30-11-3-12-31-56)57-32-13-4-14-33-57)45-47-68(72)77-69-48-46-61(80(58-34-15-5-16-35-58)59-36-17-6-18-37-59)52-74(69)82-75-53-62(51-73(78)76(75)77)81-70-43-21-19-39-66(70)67-40-20-22-44-71(67)81/h1-22,25-37,39-48,50-53H,23-24,38,49H2. The number of anilines is 8. The summed E-state index contributed by atoms with van der Waals surface area (Å²) in [5, 5.41) is 2.44. The quantitative estimate of drug-likeness (QED) is 0.0800. The van der Waals surface area contributed by atoms with E-state index in [0.717, 1.165) is 99.3 Å². The van der Waals surface area contributed by atoms with Crippen molar-refractivity contribution in [2.75, 3.05) is 21.2 Å². The van der Waals surface area contributed by atoms with Gasteiger partial charge in [0.15, 0.2) is 0 Å². The highest BCUT2D eigenvalue weighted by molar-refractivity contribution is 6.99. The van der Waals surface area contributed by atoms with E-state index in [9.17, 15) is 0 Å². The molecule has 1 aromatic heterocycles. The maximum absolute atomic E-state index is 7.51. The molecule has 0 radical (unpaired) electrons. The maximum atomic E-state index is 7.51. The maximum Gasteiger partial charge on any atom is 0.256 e. The third-order valence-electron chi connectivity index (χ3n) is 16.6. The number of hydrogen-bond donors (Lipinski definition) is 0. The number of hydrogen-bond acceptors (Lipinski definition) is 4. The lowest BCUT2D eigenvalue weighted by atomic mass is 9.34. The molecule has 390 valence electrons. The molecule has 0 fully saturated rings. The summed E-state index contributed by atoms with van der Waals surface area (Å²) in [5.74, 6) is 1.72. The summed E-state index contributed by atoms with van der Waals surface area (Å²) in [6.07, 6.45) is 2.85. The van der Waals surface area contributed by atoms with E-state index in [1.807, 2.05) is 0 Å². The molecule has 82 heavy (non-hydrogen) atoms. The lowest BCUT2D eigenvalue weighted by Gasteiger charge is -2.41. The van der Waals surface area contributed by atoms with Gasteiger partial charge >= 0.3 is 0 Å². The molecule has 12 aromatic carbocycles. The van der Waals surface area contributed by atoms with Crippen molar-refractivity contribution in [3.63, 3.8) is 0 Å². The van der Waals surface area contributed by atoms with Gasteiger partial charge in [-0.1, -0.05) is 200 Å². The first-order valence-electron chi connectivity index (χ1n) is 28.6. The molecule has 0 spiro atoms. The van der Waals surface area contributed by atoms with Gasteiger partial charge in [0, 0.05) is 74.9 Å². The number of unbranched alkanes of at least 4 members (excludes halogenated alkanes) is 1. The predicted molar refractivity (Wildman–Crippen MR) is 345 cm³/mol. The second-order valence-electron chi connectivity index (χ2n) is 21.4. The minimum atomic E-state index is -0.120. The van der Waals surface area contributed by atoms with Crippen LogP contribution in [0.5, 0.6) is 11.5 Å². The molecule has 0 bridgehead atoms. The molecule has 0 saturated heterocycles. The van der Waals surface area contributed by atoms with Crippen LogP contribution in [0.3, 0.4) is 0 Å². The number of nitrogens with zero attached hydrogens (tertiary/aromatic N) is 4. The van der Waals surface area contributed by atoms with Crippen LogP contribution in [0.4, 0.5) is 45.5 Å². The second-order valence-corrected chi connectivity index (χ2v) is 21.4. The Bertz CT molecular complexity index is 4250. The largest absolute Gasteiger partial charge is 0.458 e. The van der Waals surface area contributed by atoms with E-state index < -0.39 is 0 Å². The van der Waals surface area contributed by atoms with Crippen molar-refractivity contribution >= 4 is 90.4 Å². The fourth-order valence-corrected chi connectivity index (χ4v) is 13.0. The molecule has 0 N–H and O–H groups in total. The van der Waals surface area contributed by atoms with Gasteiger partial charge in [0.05, 0.1) is 16.7 Å². The zero-order chi connectivity index (χ0) is 54.3. The fraction of sp³-hybridized carbons (Fsp3) is 0.0526. The molecule has 0 atom stereocenters. The highest BCUT2D eigenvalue weighted by Gasteiger charge is 2.42. The normalized spacial score (nSPS) is 12.1. The van der Waals surface area contributed by atoms with Gasteiger partial charge in [0.1, 0.15) is 11.5 Å². The first-order chi connectivity index (χ1) is 40.7. The average molecular weight is 1050 g/mol. The lowest BCUT2D eigenvalue weighted by Crippen LogP contribution is -2.60. The third kappa shape index (κ3) is 8.68. The smallest absolute Gasteiger partial charge is 0.256 e. The first kappa shape index (κ1) is 48.8. The molecule has 0 amide bonds. The SMILES string of the molecule is c1ccc(-c2cccc(-c3ccccc3)c2CCCCN2c3cc(N(c4ccccc4)c4ccccc4)ccc3B3c4ccc(N(c5ccccc5)c5ccccc5)cc4Oc4cc(-n5c6ccccc6c6ccccc65)cc2c43)cc1. The van der Waals surface area contributed by atoms with Crippen LogP contribution in [-0.4, -0.2) is 17.8 Å². The van der Waals surface area contributed by atoms with Crippen molar-refractivity contribution in [3.05, 3.63) is 303 Å². The molecular formula is C76H57BN4O. The van der Waals surface area contributed by atoms with E-state index in [-0.39, 0.29) is 6.71 Å². The molecular weight excluding hydrogens is 996 g/mol. The number of ether oxygens (including phenoxy) is 1. The average Bonchev–Trinajstić information content (AvgIpc) is 2.88. The van der Waals surface area contributed by atoms with E-state index in [1.54, 1.807) is 0 Å². The van der Waals surface area contributed by atoms with Gasteiger partial charge in [-0.25, -0.2) is 0 Å². The molecule has 15 rings (SSSR count). The van der Waals surface area contributed by atoms with Gasteiger partial charge in [-0.3, -0.25) is 0 Å². The van der Waals surface area contributed by atoms with Crippen molar-refractivity contribution in [2.24, 2.45) is 0 Å². The van der Waals surface area contributed by atoms with E-state index in [0.29, 0.717) is 0 Å². The Hall–Kier alpha value is -10.3. The van der Waals surface area contributed by atoms with Gasteiger partial charge < -0.3 is 24.0 Å². The number of para-hydroxylation sites is 6. The van der Waals surface area contributed by atoms with Crippen molar-refractivity contribution in [2.45, 2.75) is 19.3 Å². The van der Waals surface area contributed by atoms with Gasteiger partial charge in [-0.05, 0) is 148 Å². The Morgan fingerprint density at radius 2 is 0.817 bits per heavy atom. The summed E-state index contributed by atoms with van der Waals surface area (Å²) < 4.78 is 9.95. The van der Waals surface area contributed by atoms with Gasteiger partial charge in [-0.15, -0.1) is 0 Å². The van der Waals surface area contributed by atoms with Crippen LogP contribution in [0, 0.1) is 0 Å². The zero-order valence-electron chi connectivity index (χ0n) is 45.4. The van der Waals surface area contributed by atoms with Crippen LogP contribution in [0.25, 0.3) is 49.7 Å². The molecule has 3 heterocycles. The number of aromatic nitrogens is 1. The van der Waals surface area contributed by atoms with E-state index in [4.69, 9.17) is 4.74 Å². The lowest BCUT2D eigenvalue weighted by molar-refractivity contribution is 0.487. The minimum Gasteiger partial charge on any atom is -0.458 e. The summed E-state index contributed by atoms with van der Waals surface area (Å²) >= 11 is 0. The molecule has 0 unspecified atom stereocenters. The summed E-state index contributed by atoms with van der Waals surface area (Å²) in [6, 6.07) is 108. The first-order valence-corrected chi connectivity index (χ1v) is 28.6. The minimum absolute atomic E-state index is 0.120. The Morgan fingerprint density at radius 3 is 1.34 bits per heavy atom. The van der Waals surface area contributed by atoms with Crippen molar-refractivity contribution < 1.29 is 4.74 Å². The summed E-state index contributed by atoms with van der Waals surface area (Å²) in [6.45, 7) is 0.664. The van der Waals surface area contributed by atoms with Crippen LogP contribution in [-0.2, 0) is 6.42 Å². The van der Waals surface area contributed by atoms with Gasteiger partial charge in [-0.2, -0.15) is 0 Å². The van der Waals surface area contributed by atoms with Crippen molar-refractivity contribution in [3.8, 4) is 39.4 Å². The number of rotatable bonds is 14. The monoisotopic (exact) mass is 1050 g/mol. The molecule has 13 aromatic rings. The molecule has 2 aliphatic heterocycles. The van der Waals surface area contributed by atoms with Crippen LogP contribution in [0.15, 0.2) is 297 Å². The van der Waals surface area contributed by atoms with Gasteiger partial charge in [0.25, 0.3) is 6.71 Å². The number of fused-ring (bicyclic) bond motifs is 7. The number of benzene rings is 12. The van der Waals surface area contributed by atoms with Crippen LogP contribution >= 0.6 is 0 Å². The summed E-state index contributed by atoms with van der Waals surface area (Å²) in [4.78, 5) is 7.35.